The first-order valence-corrected chi connectivity index (χ1v) is 17.0. The Hall–Kier alpha value is -0.260. The normalized spacial score (nSPS) is 43.2. The van der Waals surface area contributed by atoms with Gasteiger partial charge in [0.2, 0.25) is 10.4 Å². The summed E-state index contributed by atoms with van der Waals surface area (Å²) in [5, 5.41) is 0. The van der Waals surface area contributed by atoms with Gasteiger partial charge in [0.25, 0.3) is 0 Å². The highest BCUT2D eigenvalue weighted by atomic mass is 32.3. The lowest BCUT2D eigenvalue weighted by Gasteiger charge is -2.62. The second-order valence-corrected chi connectivity index (χ2v) is 15.8. The van der Waals surface area contributed by atoms with Gasteiger partial charge in [0, 0.05) is 0 Å². The largest absolute Gasteiger partial charge is 0.726 e. The van der Waals surface area contributed by atoms with Crippen molar-refractivity contribution in [1.29, 1.82) is 0 Å². The third-order valence-electron chi connectivity index (χ3n) is 11.3. The first kappa shape index (κ1) is 29.7. The Labute approximate surface area is 224 Å². The summed E-state index contributed by atoms with van der Waals surface area (Å²) in [5.74, 6) is 2.86. The predicted molar refractivity (Wildman–Crippen MR) is 139 cm³/mol. The van der Waals surface area contributed by atoms with E-state index >= 15 is 0 Å². The number of hydrogen-bond donors (Lipinski definition) is 1. The molecule has 10 heteroatoms. The van der Waals surface area contributed by atoms with Gasteiger partial charge in [-0.05, 0) is 104 Å². The molecule has 0 heterocycles. The first-order chi connectivity index (χ1) is 17.0. The summed E-state index contributed by atoms with van der Waals surface area (Å²) < 4.78 is 77.4. The van der Waals surface area contributed by atoms with Crippen molar-refractivity contribution in [3.63, 3.8) is 0 Å². The number of fused-ring (bicyclic) bond motifs is 5. The second-order valence-electron chi connectivity index (χ2n) is 13.7. The van der Waals surface area contributed by atoms with Crippen LogP contribution in [0.1, 0.15) is 105 Å². The van der Waals surface area contributed by atoms with Gasteiger partial charge in [0.05, 0.1) is 12.2 Å². The highest BCUT2D eigenvalue weighted by Gasteiger charge is 2.63. The van der Waals surface area contributed by atoms with Crippen LogP contribution in [0.4, 0.5) is 0 Å². The SMILES string of the molecule is CC(C)CCC[C@@H](C)[C@H]1CC[C@H]2[C@@H]3CC(OS(=O)(=O)O)C4CC(OS(=O)(=O)[O-])CC[C@]4(C)[C@H]3CC[C@]12C. The molecule has 1 N–H and O–H groups in total. The van der Waals surface area contributed by atoms with Crippen LogP contribution in [0.3, 0.4) is 0 Å². The van der Waals surface area contributed by atoms with Crippen molar-refractivity contribution in [1.82, 2.24) is 0 Å². The Morgan fingerprint density at radius 2 is 1.51 bits per heavy atom. The zero-order valence-electron chi connectivity index (χ0n) is 23.1. The van der Waals surface area contributed by atoms with E-state index in [1.807, 2.05) is 0 Å². The van der Waals surface area contributed by atoms with Gasteiger partial charge in [0.15, 0.2) is 0 Å². The van der Waals surface area contributed by atoms with Crippen molar-refractivity contribution in [2.75, 3.05) is 0 Å². The molecule has 10 atom stereocenters. The van der Waals surface area contributed by atoms with Gasteiger partial charge in [-0.25, -0.2) is 12.6 Å². The van der Waals surface area contributed by atoms with Crippen LogP contribution in [0.25, 0.3) is 0 Å². The van der Waals surface area contributed by atoms with E-state index in [1.54, 1.807) is 0 Å². The summed E-state index contributed by atoms with van der Waals surface area (Å²) in [5.41, 5.74) is -0.0612. The highest BCUT2D eigenvalue weighted by Crippen LogP contribution is 2.68. The lowest BCUT2D eigenvalue weighted by molar-refractivity contribution is -0.164. The monoisotopic (exact) mass is 563 g/mol. The van der Waals surface area contributed by atoms with Crippen molar-refractivity contribution in [2.24, 2.45) is 52.3 Å². The molecule has 4 rings (SSSR count). The first-order valence-electron chi connectivity index (χ1n) is 14.3. The maximum absolute atomic E-state index is 11.9. The average Bonchev–Trinajstić information content (AvgIpc) is 3.10. The van der Waals surface area contributed by atoms with Gasteiger partial charge < -0.3 is 4.55 Å². The van der Waals surface area contributed by atoms with E-state index in [-0.39, 0.29) is 23.2 Å². The number of hydrogen-bond acceptors (Lipinski definition) is 7. The Morgan fingerprint density at radius 3 is 2.14 bits per heavy atom. The van der Waals surface area contributed by atoms with Crippen LogP contribution in [0.15, 0.2) is 0 Å². The molecule has 4 saturated carbocycles. The van der Waals surface area contributed by atoms with E-state index in [9.17, 15) is 25.9 Å². The summed E-state index contributed by atoms with van der Waals surface area (Å²) in [6, 6.07) is 0. The Balaban J connectivity index is 1.58. The molecular formula is C27H47O8S2-. The lowest BCUT2D eigenvalue weighted by Crippen LogP contribution is -2.59. The lowest BCUT2D eigenvalue weighted by atomic mass is 9.43. The average molecular weight is 564 g/mol. The van der Waals surface area contributed by atoms with Gasteiger partial charge in [-0.2, -0.15) is 8.42 Å². The Bertz CT molecular complexity index is 1030. The van der Waals surface area contributed by atoms with Gasteiger partial charge >= 0.3 is 10.4 Å². The molecule has 0 aromatic heterocycles. The molecule has 37 heavy (non-hydrogen) atoms. The summed E-state index contributed by atoms with van der Waals surface area (Å²) >= 11 is 0. The number of rotatable bonds is 9. The molecule has 8 nitrogen and oxygen atoms in total. The summed E-state index contributed by atoms with van der Waals surface area (Å²) in [6.07, 6.45) is 8.60. The molecule has 0 aliphatic heterocycles. The van der Waals surface area contributed by atoms with E-state index in [4.69, 9.17) is 8.37 Å². The van der Waals surface area contributed by atoms with Gasteiger partial charge in [-0.15, -0.1) is 0 Å². The molecule has 0 aromatic rings. The highest BCUT2D eigenvalue weighted by molar-refractivity contribution is 7.81. The molecule has 4 fully saturated rings. The molecule has 0 spiro atoms. The Kier molecular flexibility index (Phi) is 8.53. The van der Waals surface area contributed by atoms with Crippen LogP contribution in [0, 0.1) is 52.3 Å². The fourth-order valence-electron chi connectivity index (χ4n) is 9.77. The Morgan fingerprint density at radius 1 is 0.865 bits per heavy atom. The quantitative estimate of drug-likeness (QED) is 0.277. The fraction of sp³-hybridized carbons (Fsp3) is 1.00. The van der Waals surface area contributed by atoms with E-state index in [0.717, 1.165) is 25.2 Å². The van der Waals surface area contributed by atoms with Crippen LogP contribution >= 0.6 is 0 Å². The van der Waals surface area contributed by atoms with E-state index in [0.29, 0.717) is 48.9 Å². The topological polar surface area (TPSA) is 130 Å². The van der Waals surface area contributed by atoms with E-state index in [1.165, 1.54) is 25.7 Å². The molecule has 0 saturated heterocycles. The van der Waals surface area contributed by atoms with Crippen LogP contribution < -0.4 is 0 Å². The minimum absolute atomic E-state index is 0.210. The molecule has 4 aliphatic carbocycles. The van der Waals surface area contributed by atoms with E-state index in [2.05, 4.69) is 34.6 Å². The molecule has 0 bridgehead atoms. The molecule has 0 aromatic carbocycles. The van der Waals surface area contributed by atoms with Crippen molar-refractivity contribution in [3.05, 3.63) is 0 Å². The third-order valence-corrected chi connectivity index (χ3v) is 12.3. The zero-order valence-corrected chi connectivity index (χ0v) is 24.7. The molecule has 4 aliphatic rings. The van der Waals surface area contributed by atoms with Crippen molar-refractivity contribution in [2.45, 2.75) is 117 Å². The van der Waals surface area contributed by atoms with Crippen LogP contribution in [0.2, 0.25) is 0 Å². The summed E-state index contributed by atoms with van der Waals surface area (Å²) in [4.78, 5) is 0. The van der Waals surface area contributed by atoms with E-state index < -0.39 is 33.0 Å². The van der Waals surface area contributed by atoms with Crippen LogP contribution in [0.5, 0.6) is 0 Å². The van der Waals surface area contributed by atoms with Gasteiger partial charge in [0.1, 0.15) is 0 Å². The van der Waals surface area contributed by atoms with Gasteiger partial charge in [-0.3, -0.25) is 8.74 Å². The minimum Gasteiger partial charge on any atom is -0.726 e. The molecular weight excluding hydrogens is 516 g/mol. The molecule has 216 valence electrons. The van der Waals surface area contributed by atoms with Gasteiger partial charge in [-0.1, -0.05) is 53.9 Å². The van der Waals surface area contributed by atoms with Crippen molar-refractivity contribution >= 4 is 20.8 Å². The van der Waals surface area contributed by atoms with Crippen molar-refractivity contribution < 1.29 is 34.3 Å². The van der Waals surface area contributed by atoms with Crippen LogP contribution in [-0.4, -0.2) is 38.1 Å². The predicted octanol–water partition coefficient (Wildman–Crippen LogP) is 5.75. The van der Waals surface area contributed by atoms with Crippen LogP contribution in [-0.2, 0) is 29.2 Å². The smallest absolute Gasteiger partial charge is 0.397 e. The molecule has 0 amide bonds. The van der Waals surface area contributed by atoms with Crippen molar-refractivity contribution in [3.8, 4) is 0 Å². The summed E-state index contributed by atoms with van der Waals surface area (Å²) in [7, 11) is -9.55. The standard InChI is InChI=1S/C27H48O8S2/c1-17(2)7-6-8-18(3)21-9-10-22-20-16-25(35-37(31,32)33)24-15-19(34-36(28,29)30)11-13-27(24,5)23(20)12-14-26(21,22)4/h17-25H,6-16H2,1-5H3,(H,28,29,30)(H,31,32,33)/p-1/t18-,19?,20+,21-,22+,23+,24?,25?,26-,27-/m1/s1. The fourth-order valence-corrected chi connectivity index (χ4v) is 10.8. The molecule has 3 unspecified atom stereocenters. The maximum Gasteiger partial charge on any atom is 0.397 e. The maximum atomic E-state index is 11.9. The third kappa shape index (κ3) is 6.24. The molecule has 0 radical (unpaired) electrons. The minimum atomic E-state index is -4.86. The second kappa shape index (κ2) is 10.6. The summed E-state index contributed by atoms with van der Waals surface area (Å²) in [6.45, 7) is 11.6. The zero-order chi connectivity index (χ0) is 27.4.